The number of phosphoric ester groups is 1. The molecular formula is C9H13N2O4P. The second kappa shape index (κ2) is 4.43. The van der Waals surface area contributed by atoms with Gasteiger partial charge >= 0.3 is 7.82 Å². The maximum absolute atomic E-state index is 10.8. The predicted octanol–water partition coefficient (Wildman–Crippen LogP) is 0.873. The molecule has 1 fully saturated rings. The van der Waals surface area contributed by atoms with Crippen LogP contribution in [0.5, 0.6) is 5.75 Å². The molecule has 1 heterocycles. The highest BCUT2D eigenvalue weighted by Crippen LogP contribution is 2.41. The summed E-state index contributed by atoms with van der Waals surface area (Å²) >= 11 is 0. The monoisotopic (exact) mass is 244 g/mol. The molecule has 88 valence electrons. The van der Waals surface area contributed by atoms with E-state index in [9.17, 15) is 4.57 Å². The maximum Gasteiger partial charge on any atom is 0.524 e. The van der Waals surface area contributed by atoms with Gasteiger partial charge in [0.1, 0.15) is 0 Å². The minimum absolute atomic E-state index is 0.185. The average molecular weight is 244 g/mol. The van der Waals surface area contributed by atoms with Crippen LogP contribution in [-0.2, 0) is 4.57 Å². The van der Waals surface area contributed by atoms with Gasteiger partial charge in [-0.1, -0.05) is 12.1 Å². The number of benzene rings is 1. The first-order valence-corrected chi connectivity index (χ1v) is 6.44. The van der Waals surface area contributed by atoms with E-state index in [2.05, 4.69) is 9.95 Å². The summed E-state index contributed by atoms with van der Waals surface area (Å²) in [6, 6.07) is 6.75. The van der Waals surface area contributed by atoms with Crippen molar-refractivity contribution in [1.29, 1.82) is 0 Å². The van der Waals surface area contributed by atoms with Crippen LogP contribution >= 0.6 is 7.82 Å². The molecule has 3 N–H and O–H groups in total. The Morgan fingerprint density at radius 1 is 1.38 bits per heavy atom. The van der Waals surface area contributed by atoms with Gasteiger partial charge in [0.2, 0.25) is 0 Å². The SMILES string of the molecule is O=P(O)(O)Oc1ccccc1N1CCCN1. The molecule has 1 saturated heterocycles. The number of nitrogens with one attached hydrogen (secondary N) is 1. The zero-order valence-electron chi connectivity index (χ0n) is 8.54. The molecule has 0 aliphatic carbocycles. The van der Waals surface area contributed by atoms with Crippen LogP contribution in [0.2, 0.25) is 0 Å². The van der Waals surface area contributed by atoms with Crippen LogP contribution < -0.4 is 15.0 Å². The fourth-order valence-corrected chi connectivity index (χ4v) is 2.03. The molecule has 7 heteroatoms. The molecule has 0 unspecified atom stereocenters. The molecule has 0 atom stereocenters. The molecule has 1 aliphatic heterocycles. The van der Waals surface area contributed by atoms with Crippen molar-refractivity contribution in [3.63, 3.8) is 0 Å². The number of hydrogen-bond donors (Lipinski definition) is 3. The van der Waals surface area contributed by atoms with Gasteiger partial charge in [0.15, 0.2) is 5.75 Å². The summed E-state index contributed by atoms with van der Waals surface area (Å²) in [4.78, 5) is 17.6. The third-order valence-electron chi connectivity index (χ3n) is 2.23. The molecule has 0 amide bonds. The van der Waals surface area contributed by atoms with E-state index in [0.29, 0.717) is 5.69 Å². The Morgan fingerprint density at radius 2 is 2.12 bits per heavy atom. The molecule has 0 aromatic heterocycles. The molecule has 6 nitrogen and oxygen atoms in total. The van der Waals surface area contributed by atoms with Gasteiger partial charge in [-0.05, 0) is 18.6 Å². The standard InChI is InChI=1S/C9H13N2O4P/c12-16(13,14)15-9-5-2-1-4-8(9)11-7-3-6-10-11/h1-2,4-5,10H,3,6-7H2,(H2,12,13,14). The van der Waals surface area contributed by atoms with E-state index in [1.54, 1.807) is 18.2 Å². The van der Waals surface area contributed by atoms with E-state index in [1.165, 1.54) is 6.07 Å². The zero-order valence-corrected chi connectivity index (χ0v) is 9.43. The number of phosphoric acid groups is 1. The molecule has 0 spiro atoms. The lowest BCUT2D eigenvalue weighted by Gasteiger charge is -2.21. The van der Waals surface area contributed by atoms with Gasteiger partial charge in [0, 0.05) is 13.1 Å². The molecule has 0 radical (unpaired) electrons. The number of anilines is 1. The Balaban J connectivity index is 2.26. The number of rotatable bonds is 3. The van der Waals surface area contributed by atoms with E-state index in [-0.39, 0.29) is 5.75 Å². The Morgan fingerprint density at radius 3 is 2.75 bits per heavy atom. The third kappa shape index (κ3) is 2.74. The van der Waals surface area contributed by atoms with Crippen molar-refractivity contribution in [3.05, 3.63) is 24.3 Å². The van der Waals surface area contributed by atoms with Gasteiger partial charge in [-0.3, -0.25) is 9.79 Å². The normalized spacial score (nSPS) is 16.5. The van der Waals surface area contributed by atoms with Crippen LogP contribution in [0, 0.1) is 0 Å². The van der Waals surface area contributed by atoms with E-state index in [4.69, 9.17) is 9.79 Å². The van der Waals surface area contributed by atoms with E-state index >= 15 is 0 Å². The van der Waals surface area contributed by atoms with E-state index in [0.717, 1.165) is 19.5 Å². The Labute approximate surface area is 93.1 Å². The largest absolute Gasteiger partial charge is 0.524 e. The van der Waals surface area contributed by atoms with Crippen LogP contribution in [0.4, 0.5) is 5.69 Å². The van der Waals surface area contributed by atoms with Gasteiger partial charge in [0.05, 0.1) is 5.69 Å². The minimum atomic E-state index is -4.51. The first kappa shape index (κ1) is 11.4. The lowest BCUT2D eigenvalue weighted by Crippen LogP contribution is -2.30. The number of hydrogen-bond acceptors (Lipinski definition) is 4. The van der Waals surface area contributed by atoms with Gasteiger partial charge in [-0.25, -0.2) is 9.99 Å². The van der Waals surface area contributed by atoms with E-state index in [1.807, 2.05) is 5.01 Å². The quantitative estimate of drug-likeness (QED) is 0.684. The summed E-state index contributed by atoms with van der Waals surface area (Å²) in [6.45, 7) is 1.64. The molecule has 1 aromatic rings. The highest BCUT2D eigenvalue weighted by molar-refractivity contribution is 7.46. The first-order valence-electron chi connectivity index (χ1n) is 4.91. The molecule has 0 bridgehead atoms. The van der Waals surface area contributed by atoms with Crippen molar-refractivity contribution in [2.75, 3.05) is 18.1 Å². The van der Waals surface area contributed by atoms with Crippen LogP contribution in [0.15, 0.2) is 24.3 Å². The average Bonchev–Trinajstić information content (AvgIpc) is 2.69. The summed E-state index contributed by atoms with van der Waals surface area (Å²) in [7, 11) is -4.51. The number of nitrogens with zero attached hydrogens (tertiary/aromatic N) is 1. The van der Waals surface area contributed by atoms with Gasteiger partial charge in [-0.15, -0.1) is 0 Å². The van der Waals surface area contributed by atoms with Gasteiger partial charge in [0.25, 0.3) is 0 Å². The topological polar surface area (TPSA) is 82.0 Å². The first-order chi connectivity index (χ1) is 7.56. The molecular weight excluding hydrogens is 231 g/mol. The Bertz CT molecular complexity index is 414. The number of hydrazine groups is 1. The summed E-state index contributed by atoms with van der Waals surface area (Å²) in [6.07, 6.45) is 0.990. The predicted molar refractivity (Wildman–Crippen MR) is 59.1 cm³/mol. The third-order valence-corrected chi connectivity index (χ3v) is 2.67. The van der Waals surface area contributed by atoms with Crippen LogP contribution in [0.25, 0.3) is 0 Å². The van der Waals surface area contributed by atoms with Crippen molar-refractivity contribution in [2.24, 2.45) is 0 Å². The van der Waals surface area contributed by atoms with Crippen LogP contribution in [0.3, 0.4) is 0 Å². The zero-order chi connectivity index (χ0) is 11.6. The molecule has 2 rings (SSSR count). The van der Waals surface area contributed by atoms with Crippen molar-refractivity contribution in [2.45, 2.75) is 6.42 Å². The van der Waals surface area contributed by atoms with Crippen molar-refractivity contribution in [1.82, 2.24) is 5.43 Å². The Kier molecular flexibility index (Phi) is 3.16. The van der Waals surface area contributed by atoms with Crippen LogP contribution in [0.1, 0.15) is 6.42 Å². The molecule has 16 heavy (non-hydrogen) atoms. The highest BCUT2D eigenvalue weighted by atomic mass is 31.2. The summed E-state index contributed by atoms with van der Waals surface area (Å²) in [5.41, 5.74) is 3.74. The molecule has 1 aromatic carbocycles. The molecule has 1 aliphatic rings. The smallest absolute Gasteiger partial charge is 0.402 e. The minimum Gasteiger partial charge on any atom is -0.402 e. The van der Waals surface area contributed by atoms with Gasteiger partial charge in [-0.2, -0.15) is 0 Å². The highest BCUT2D eigenvalue weighted by Gasteiger charge is 2.21. The fourth-order valence-electron chi connectivity index (χ4n) is 1.62. The number of para-hydroxylation sites is 2. The van der Waals surface area contributed by atoms with Crippen LogP contribution in [-0.4, -0.2) is 22.9 Å². The summed E-state index contributed by atoms with van der Waals surface area (Å²) in [5.74, 6) is 0.185. The lowest BCUT2D eigenvalue weighted by molar-refractivity contribution is 0.283. The maximum atomic E-state index is 10.8. The van der Waals surface area contributed by atoms with Crippen molar-refractivity contribution < 1.29 is 18.9 Å². The second-order valence-electron chi connectivity index (χ2n) is 3.46. The second-order valence-corrected chi connectivity index (χ2v) is 4.63. The van der Waals surface area contributed by atoms with Crippen molar-refractivity contribution >= 4 is 13.5 Å². The fraction of sp³-hybridized carbons (Fsp3) is 0.333. The van der Waals surface area contributed by atoms with Crippen molar-refractivity contribution in [3.8, 4) is 5.75 Å². The summed E-state index contributed by atoms with van der Waals surface area (Å²) < 4.78 is 15.4. The Hall–Kier alpha value is -1.07. The van der Waals surface area contributed by atoms with Gasteiger partial charge < -0.3 is 9.53 Å². The van der Waals surface area contributed by atoms with E-state index < -0.39 is 7.82 Å². The summed E-state index contributed by atoms with van der Waals surface area (Å²) in [5, 5.41) is 1.82. The molecule has 0 saturated carbocycles. The lowest BCUT2D eigenvalue weighted by atomic mass is 10.3.